The molecule has 0 unspecified atom stereocenters. The van der Waals surface area contributed by atoms with Crippen molar-refractivity contribution < 1.29 is 14.3 Å². The third-order valence-electron chi connectivity index (χ3n) is 5.10. The molecule has 4 rings (SSSR count). The number of ether oxygens (including phenoxy) is 1. The van der Waals surface area contributed by atoms with Crippen molar-refractivity contribution in [3.05, 3.63) is 82.9 Å². The van der Waals surface area contributed by atoms with Gasteiger partial charge in [0.15, 0.2) is 6.10 Å². The number of rotatable bonds is 5. The molecule has 3 aromatic carbocycles. The summed E-state index contributed by atoms with van der Waals surface area (Å²) in [5, 5.41) is 2.50. The number of nitrogens with one attached hydrogen (secondary N) is 2. The van der Waals surface area contributed by atoms with E-state index in [0.717, 1.165) is 16.3 Å². The normalized spacial score (nSPS) is 11.8. The average molecular weight is 430 g/mol. The molecule has 0 bridgehead atoms. The fourth-order valence-electron chi connectivity index (χ4n) is 3.38. The average Bonchev–Trinajstić information content (AvgIpc) is 2.79. The van der Waals surface area contributed by atoms with Crippen molar-refractivity contribution >= 4 is 33.5 Å². The van der Waals surface area contributed by atoms with Gasteiger partial charge < -0.3 is 4.74 Å². The Bertz CT molecular complexity index is 1380. The van der Waals surface area contributed by atoms with Gasteiger partial charge in [-0.1, -0.05) is 42.5 Å². The molecule has 2 N–H and O–H groups in total. The van der Waals surface area contributed by atoms with Gasteiger partial charge in [-0.05, 0) is 48.4 Å². The molecule has 2 amide bonds. The summed E-state index contributed by atoms with van der Waals surface area (Å²) in [4.78, 5) is 41.4. The summed E-state index contributed by atoms with van der Waals surface area (Å²) < 4.78 is 6.88. The maximum atomic E-state index is 12.6. The van der Waals surface area contributed by atoms with Crippen LogP contribution in [0.1, 0.15) is 12.5 Å². The van der Waals surface area contributed by atoms with Crippen LogP contribution in [-0.4, -0.2) is 27.5 Å². The van der Waals surface area contributed by atoms with Crippen LogP contribution in [0.5, 0.6) is 5.75 Å². The third kappa shape index (κ3) is 4.44. The molecular weight excluding hydrogens is 408 g/mol. The van der Waals surface area contributed by atoms with E-state index >= 15 is 0 Å². The lowest BCUT2D eigenvalue weighted by Crippen LogP contribution is -2.48. The summed E-state index contributed by atoms with van der Waals surface area (Å²) in [6.07, 6.45) is 0.481. The van der Waals surface area contributed by atoms with E-state index < -0.39 is 17.9 Å². The number of fused-ring (bicyclic) bond motifs is 2. The van der Waals surface area contributed by atoms with Gasteiger partial charge in [0.1, 0.15) is 12.3 Å². The van der Waals surface area contributed by atoms with Gasteiger partial charge in [-0.15, -0.1) is 0 Å². The number of amides is 2. The van der Waals surface area contributed by atoms with Crippen LogP contribution in [0.15, 0.2) is 71.8 Å². The molecule has 1 atom stereocenters. The quantitative estimate of drug-likeness (QED) is 0.474. The second kappa shape index (κ2) is 8.89. The predicted molar refractivity (Wildman–Crippen MR) is 121 cm³/mol. The van der Waals surface area contributed by atoms with Gasteiger partial charge in [0.05, 0.1) is 17.2 Å². The Morgan fingerprint density at radius 1 is 1.03 bits per heavy atom. The van der Waals surface area contributed by atoms with Crippen LogP contribution >= 0.6 is 0 Å². The summed E-state index contributed by atoms with van der Waals surface area (Å²) in [6, 6.07) is 18.7. The van der Waals surface area contributed by atoms with Gasteiger partial charge in [-0.3, -0.25) is 29.8 Å². The summed E-state index contributed by atoms with van der Waals surface area (Å²) in [5.41, 5.74) is 5.79. The van der Waals surface area contributed by atoms with Crippen molar-refractivity contribution in [1.29, 1.82) is 0 Å². The van der Waals surface area contributed by atoms with Crippen LogP contribution in [0.4, 0.5) is 0 Å². The lowest BCUT2D eigenvalue weighted by Gasteiger charge is -2.16. The number of hydrazine groups is 1. The lowest BCUT2D eigenvalue weighted by atomic mass is 10.1. The fourth-order valence-corrected chi connectivity index (χ4v) is 3.38. The van der Waals surface area contributed by atoms with E-state index in [1.165, 1.54) is 10.9 Å². The Kier molecular flexibility index (Phi) is 5.85. The third-order valence-corrected chi connectivity index (χ3v) is 5.10. The van der Waals surface area contributed by atoms with E-state index in [0.29, 0.717) is 16.7 Å². The number of carbonyl (C=O) groups excluding carboxylic acids is 2. The highest BCUT2D eigenvalue weighted by atomic mass is 16.5. The van der Waals surface area contributed by atoms with Gasteiger partial charge in [0.2, 0.25) is 0 Å². The Balaban J connectivity index is 1.35. The molecule has 0 saturated carbocycles. The summed E-state index contributed by atoms with van der Waals surface area (Å²) in [6.45, 7) is 3.16. The number of aryl methyl sites for hydroxylation is 1. The SMILES string of the molecule is Cc1cccc2c(=O)n(CC(=O)NNC(=O)[C@H](C)Oc3ccc4ccccc4c3)cnc12. The van der Waals surface area contributed by atoms with Crippen LogP contribution in [0.3, 0.4) is 0 Å². The van der Waals surface area contributed by atoms with Crippen molar-refractivity contribution in [2.45, 2.75) is 26.5 Å². The minimum Gasteiger partial charge on any atom is -0.481 e. The number of hydrogen-bond acceptors (Lipinski definition) is 5. The zero-order valence-electron chi connectivity index (χ0n) is 17.7. The van der Waals surface area contributed by atoms with Crippen molar-refractivity contribution in [2.75, 3.05) is 0 Å². The minimum absolute atomic E-state index is 0.282. The first-order valence-electron chi connectivity index (χ1n) is 10.1. The fraction of sp³-hybridized carbons (Fsp3) is 0.167. The topological polar surface area (TPSA) is 102 Å². The van der Waals surface area contributed by atoms with Crippen LogP contribution < -0.4 is 21.1 Å². The molecule has 32 heavy (non-hydrogen) atoms. The molecule has 0 aliphatic carbocycles. The highest BCUT2D eigenvalue weighted by molar-refractivity contribution is 5.86. The molecule has 0 fully saturated rings. The van der Waals surface area contributed by atoms with E-state index in [9.17, 15) is 14.4 Å². The molecule has 0 radical (unpaired) electrons. The van der Waals surface area contributed by atoms with Gasteiger partial charge in [0, 0.05) is 0 Å². The predicted octanol–water partition coefficient (Wildman–Crippen LogP) is 2.47. The first-order valence-corrected chi connectivity index (χ1v) is 10.1. The monoisotopic (exact) mass is 430 g/mol. The zero-order chi connectivity index (χ0) is 22.7. The zero-order valence-corrected chi connectivity index (χ0v) is 17.7. The van der Waals surface area contributed by atoms with Gasteiger partial charge in [-0.25, -0.2) is 4.98 Å². The number of carbonyl (C=O) groups is 2. The molecular formula is C24H22N4O4. The van der Waals surface area contributed by atoms with E-state index in [2.05, 4.69) is 15.8 Å². The summed E-state index contributed by atoms with van der Waals surface area (Å²) in [7, 11) is 0. The second-order valence-corrected chi connectivity index (χ2v) is 7.46. The number of para-hydroxylation sites is 1. The van der Waals surface area contributed by atoms with Crippen LogP contribution in [-0.2, 0) is 16.1 Å². The van der Waals surface area contributed by atoms with Gasteiger partial charge >= 0.3 is 0 Å². The van der Waals surface area contributed by atoms with Crippen molar-refractivity contribution in [3.8, 4) is 5.75 Å². The van der Waals surface area contributed by atoms with Crippen molar-refractivity contribution in [1.82, 2.24) is 20.4 Å². The van der Waals surface area contributed by atoms with Gasteiger partial charge in [0.25, 0.3) is 17.4 Å². The Morgan fingerprint density at radius 3 is 2.62 bits per heavy atom. The number of nitrogens with zero attached hydrogens (tertiary/aromatic N) is 2. The molecule has 4 aromatic rings. The standard InChI is InChI=1S/C24H22N4O4/c1-15-6-5-9-20-22(15)25-14-28(24(20)31)13-21(29)26-27-23(30)16(2)32-19-11-10-17-7-3-4-8-18(17)12-19/h3-12,14,16H,13H2,1-2H3,(H,26,29)(H,27,30)/t16-/m0/s1. The number of hydrogen-bond donors (Lipinski definition) is 2. The molecule has 162 valence electrons. The molecule has 0 aliphatic rings. The highest BCUT2D eigenvalue weighted by Crippen LogP contribution is 2.21. The van der Waals surface area contributed by atoms with Crippen LogP contribution in [0, 0.1) is 6.92 Å². The van der Waals surface area contributed by atoms with E-state index in [-0.39, 0.29) is 12.1 Å². The van der Waals surface area contributed by atoms with E-state index in [1.807, 2.05) is 49.4 Å². The second-order valence-electron chi connectivity index (χ2n) is 7.46. The van der Waals surface area contributed by atoms with E-state index in [4.69, 9.17) is 4.74 Å². The largest absolute Gasteiger partial charge is 0.481 e. The molecule has 0 spiro atoms. The van der Waals surface area contributed by atoms with Crippen molar-refractivity contribution in [2.24, 2.45) is 0 Å². The van der Waals surface area contributed by atoms with Crippen LogP contribution in [0.2, 0.25) is 0 Å². The number of benzene rings is 3. The summed E-state index contributed by atoms with van der Waals surface area (Å²) >= 11 is 0. The molecule has 0 aliphatic heterocycles. The first kappa shape index (κ1) is 21.0. The molecule has 1 heterocycles. The lowest BCUT2D eigenvalue weighted by molar-refractivity contribution is -0.133. The highest BCUT2D eigenvalue weighted by Gasteiger charge is 2.16. The molecule has 8 nitrogen and oxygen atoms in total. The van der Waals surface area contributed by atoms with Crippen molar-refractivity contribution in [3.63, 3.8) is 0 Å². The Morgan fingerprint density at radius 2 is 1.81 bits per heavy atom. The van der Waals surface area contributed by atoms with Gasteiger partial charge in [-0.2, -0.15) is 0 Å². The first-order chi connectivity index (χ1) is 15.4. The maximum Gasteiger partial charge on any atom is 0.279 e. The molecule has 8 heteroatoms. The maximum absolute atomic E-state index is 12.6. The Hall–Kier alpha value is -4.20. The molecule has 0 saturated heterocycles. The van der Waals surface area contributed by atoms with E-state index in [1.54, 1.807) is 25.1 Å². The van der Waals surface area contributed by atoms with Crippen LogP contribution in [0.25, 0.3) is 21.7 Å². The Labute approximate surface area is 183 Å². The molecule has 1 aromatic heterocycles. The smallest absolute Gasteiger partial charge is 0.279 e. The summed E-state index contributed by atoms with van der Waals surface area (Å²) in [5.74, 6) is -0.542. The minimum atomic E-state index is -0.843. The number of aromatic nitrogens is 2.